The molecule has 0 bridgehead atoms. The van der Waals surface area contributed by atoms with Crippen molar-refractivity contribution in [2.45, 2.75) is 51.5 Å². The van der Waals surface area contributed by atoms with Crippen LogP contribution in [-0.2, 0) is 9.53 Å². The molecule has 0 unspecified atom stereocenters. The largest absolute Gasteiger partial charge is 0.481 e. The highest BCUT2D eigenvalue weighted by atomic mass is 16.5. The van der Waals surface area contributed by atoms with Gasteiger partial charge in [0.25, 0.3) is 0 Å². The maximum absolute atomic E-state index is 11.8. The van der Waals surface area contributed by atoms with Crippen molar-refractivity contribution in [1.29, 1.82) is 0 Å². The molecule has 0 heterocycles. The summed E-state index contributed by atoms with van der Waals surface area (Å²) in [4.78, 5) is 22.7. The summed E-state index contributed by atoms with van der Waals surface area (Å²) in [7, 11) is 0. The summed E-state index contributed by atoms with van der Waals surface area (Å²) >= 11 is 0. The minimum Gasteiger partial charge on any atom is -0.481 e. The maximum atomic E-state index is 11.8. The zero-order valence-electron chi connectivity index (χ0n) is 12.4. The molecule has 0 aromatic heterocycles. The molecule has 3 N–H and O–H groups in total. The average molecular weight is 286 g/mol. The Kier molecular flexibility index (Phi) is 6.78. The molecule has 0 aliphatic heterocycles. The standard InChI is InChI=1S/C14H26N2O4/c1-11(2)10-20-8-7-15-13(19)16-14(9-12(17)18)5-3-4-6-14/h11H,3-10H2,1-2H3,(H,17,18)(H2,15,16,19). The van der Waals surface area contributed by atoms with Gasteiger partial charge in [-0.3, -0.25) is 4.79 Å². The first-order chi connectivity index (χ1) is 9.43. The number of carboxylic acids is 1. The topological polar surface area (TPSA) is 87.7 Å². The smallest absolute Gasteiger partial charge is 0.315 e. The first-order valence-corrected chi connectivity index (χ1v) is 7.29. The van der Waals surface area contributed by atoms with E-state index in [0.717, 1.165) is 25.7 Å². The zero-order chi connectivity index (χ0) is 15.0. The molecule has 0 aromatic rings. The van der Waals surface area contributed by atoms with Crippen LogP contribution in [0.2, 0.25) is 0 Å². The molecule has 1 rings (SSSR count). The summed E-state index contributed by atoms with van der Waals surface area (Å²) in [6, 6.07) is -0.304. The number of carbonyl (C=O) groups is 2. The van der Waals surface area contributed by atoms with Gasteiger partial charge in [-0.05, 0) is 18.8 Å². The van der Waals surface area contributed by atoms with Crippen LogP contribution in [0.1, 0.15) is 46.0 Å². The van der Waals surface area contributed by atoms with Gasteiger partial charge in [-0.15, -0.1) is 0 Å². The van der Waals surface area contributed by atoms with Crippen molar-refractivity contribution in [1.82, 2.24) is 10.6 Å². The molecule has 1 aliphatic carbocycles. The number of nitrogens with one attached hydrogen (secondary N) is 2. The molecule has 0 aromatic carbocycles. The van der Waals surface area contributed by atoms with Gasteiger partial charge < -0.3 is 20.5 Å². The summed E-state index contributed by atoms with van der Waals surface area (Å²) in [5, 5.41) is 14.5. The van der Waals surface area contributed by atoms with Gasteiger partial charge in [0.2, 0.25) is 0 Å². The fourth-order valence-electron chi connectivity index (χ4n) is 2.53. The van der Waals surface area contributed by atoms with Gasteiger partial charge in [0.15, 0.2) is 0 Å². The Morgan fingerprint density at radius 1 is 1.30 bits per heavy atom. The lowest BCUT2D eigenvalue weighted by Gasteiger charge is -2.28. The zero-order valence-corrected chi connectivity index (χ0v) is 12.4. The molecule has 116 valence electrons. The maximum Gasteiger partial charge on any atom is 0.315 e. The van der Waals surface area contributed by atoms with Crippen LogP contribution < -0.4 is 10.6 Å². The average Bonchev–Trinajstić information content (AvgIpc) is 2.75. The van der Waals surface area contributed by atoms with E-state index in [0.29, 0.717) is 25.7 Å². The van der Waals surface area contributed by atoms with Crippen LogP contribution in [0.4, 0.5) is 4.79 Å². The third-order valence-electron chi connectivity index (χ3n) is 3.41. The van der Waals surface area contributed by atoms with E-state index in [1.54, 1.807) is 0 Å². The minimum absolute atomic E-state index is 0.00965. The minimum atomic E-state index is -0.868. The first-order valence-electron chi connectivity index (χ1n) is 7.29. The predicted octanol–water partition coefficient (Wildman–Crippen LogP) is 1.75. The van der Waals surface area contributed by atoms with Crippen LogP contribution >= 0.6 is 0 Å². The van der Waals surface area contributed by atoms with E-state index in [4.69, 9.17) is 9.84 Å². The monoisotopic (exact) mass is 286 g/mol. The van der Waals surface area contributed by atoms with Gasteiger partial charge in [0, 0.05) is 13.2 Å². The van der Waals surface area contributed by atoms with Crippen LogP contribution in [0.5, 0.6) is 0 Å². The Morgan fingerprint density at radius 2 is 1.95 bits per heavy atom. The SMILES string of the molecule is CC(C)COCCNC(=O)NC1(CC(=O)O)CCCC1. The van der Waals surface area contributed by atoms with E-state index in [1.807, 2.05) is 0 Å². The number of rotatable bonds is 8. The molecule has 2 amide bonds. The third kappa shape index (κ3) is 6.23. The van der Waals surface area contributed by atoms with E-state index in [-0.39, 0.29) is 12.5 Å². The number of carboxylic acid groups (broad SMARTS) is 1. The van der Waals surface area contributed by atoms with E-state index >= 15 is 0 Å². The van der Waals surface area contributed by atoms with Gasteiger partial charge in [-0.2, -0.15) is 0 Å². The number of carbonyl (C=O) groups excluding carboxylic acids is 1. The van der Waals surface area contributed by atoms with Crippen molar-refractivity contribution in [3.63, 3.8) is 0 Å². The predicted molar refractivity (Wildman–Crippen MR) is 75.6 cm³/mol. The van der Waals surface area contributed by atoms with Crippen molar-refractivity contribution in [3.05, 3.63) is 0 Å². The van der Waals surface area contributed by atoms with Crippen LogP contribution in [0.3, 0.4) is 0 Å². The summed E-state index contributed by atoms with van der Waals surface area (Å²) in [6.07, 6.45) is 3.38. The highest BCUT2D eigenvalue weighted by Crippen LogP contribution is 2.32. The fraction of sp³-hybridized carbons (Fsp3) is 0.857. The number of hydrogen-bond donors (Lipinski definition) is 3. The Morgan fingerprint density at radius 3 is 2.50 bits per heavy atom. The molecule has 6 nitrogen and oxygen atoms in total. The summed E-state index contributed by atoms with van der Waals surface area (Å²) < 4.78 is 5.37. The second-order valence-corrected chi connectivity index (χ2v) is 5.91. The quantitative estimate of drug-likeness (QED) is 0.593. The van der Waals surface area contributed by atoms with E-state index in [9.17, 15) is 9.59 Å². The van der Waals surface area contributed by atoms with Gasteiger partial charge in [-0.25, -0.2) is 4.79 Å². The molecule has 1 aliphatic rings. The van der Waals surface area contributed by atoms with Crippen molar-refractivity contribution >= 4 is 12.0 Å². The van der Waals surface area contributed by atoms with Crippen LogP contribution in [0.25, 0.3) is 0 Å². The van der Waals surface area contributed by atoms with Crippen LogP contribution in [-0.4, -0.2) is 42.4 Å². The second kappa shape index (κ2) is 8.09. The fourth-order valence-corrected chi connectivity index (χ4v) is 2.53. The Hall–Kier alpha value is -1.30. The van der Waals surface area contributed by atoms with Gasteiger partial charge in [-0.1, -0.05) is 26.7 Å². The highest BCUT2D eigenvalue weighted by molar-refractivity contribution is 5.76. The van der Waals surface area contributed by atoms with Crippen molar-refractivity contribution in [2.75, 3.05) is 19.8 Å². The van der Waals surface area contributed by atoms with E-state index in [2.05, 4.69) is 24.5 Å². The third-order valence-corrected chi connectivity index (χ3v) is 3.41. The molecule has 0 radical (unpaired) electrons. The normalized spacial score (nSPS) is 17.1. The molecular formula is C14H26N2O4. The second-order valence-electron chi connectivity index (χ2n) is 5.91. The van der Waals surface area contributed by atoms with Gasteiger partial charge in [0.1, 0.15) is 0 Å². The number of aliphatic carboxylic acids is 1. The summed E-state index contributed by atoms with van der Waals surface area (Å²) in [6.45, 7) is 5.71. The van der Waals surface area contributed by atoms with Gasteiger partial charge in [0.05, 0.1) is 18.6 Å². The molecule has 1 fully saturated rings. The molecule has 0 saturated heterocycles. The highest BCUT2D eigenvalue weighted by Gasteiger charge is 2.37. The number of ether oxygens (including phenoxy) is 1. The molecule has 0 spiro atoms. The van der Waals surface area contributed by atoms with Crippen LogP contribution in [0.15, 0.2) is 0 Å². The van der Waals surface area contributed by atoms with Crippen molar-refractivity contribution < 1.29 is 19.4 Å². The molecular weight excluding hydrogens is 260 g/mol. The lowest BCUT2D eigenvalue weighted by Crippen LogP contribution is -2.52. The van der Waals surface area contributed by atoms with Crippen LogP contribution in [0, 0.1) is 5.92 Å². The van der Waals surface area contributed by atoms with Crippen molar-refractivity contribution in [3.8, 4) is 0 Å². The Labute approximate surface area is 120 Å². The Bertz CT molecular complexity index is 325. The Balaban J connectivity index is 2.27. The molecule has 1 saturated carbocycles. The van der Waals surface area contributed by atoms with Crippen molar-refractivity contribution in [2.24, 2.45) is 5.92 Å². The number of urea groups is 1. The number of hydrogen-bond acceptors (Lipinski definition) is 3. The summed E-state index contributed by atoms with van der Waals surface area (Å²) in [5.74, 6) is -0.395. The summed E-state index contributed by atoms with van der Waals surface area (Å²) in [5.41, 5.74) is -0.575. The molecule has 20 heavy (non-hydrogen) atoms. The number of amides is 2. The van der Waals surface area contributed by atoms with Gasteiger partial charge >= 0.3 is 12.0 Å². The molecule has 6 heteroatoms. The lowest BCUT2D eigenvalue weighted by molar-refractivity contribution is -0.138. The first kappa shape index (κ1) is 16.8. The van der Waals surface area contributed by atoms with E-state index in [1.165, 1.54) is 0 Å². The van der Waals surface area contributed by atoms with E-state index < -0.39 is 11.5 Å². The molecule has 0 atom stereocenters. The lowest BCUT2D eigenvalue weighted by atomic mass is 9.93.